The van der Waals surface area contributed by atoms with E-state index in [4.69, 9.17) is 0 Å². The Labute approximate surface area is 76.9 Å². The Kier molecular flexibility index (Phi) is 1.69. The van der Waals surface area contributed by atoms with Crippen LogP contribution in [0.5, 0.6) is 5.75 Å². The molecule has 1 N–H and O–H groups in total. The molecule has 2 heteroatoms. The number of nitrogens with zero attached hydrogens (tertiary/aromatic N) is 1. The van der Waals surface area contributed by atoms with Crippen LogP contribution in [-0.2, 0) is 0 Å². The van der Waals surface area contributed by atoms with Crippen LogP contribution < -0.4 is 0 Å². The first kappa shape index (κ1) is 8.05. The predicted octanol–water partition coefficient (Wildman–Crippen LogP) is 2.56. The number of hydrogen-bond donors (Lipinski definition) is 1. The third-order valence-electron chi connectivity index (χ3n) is 2.18. The Bertz CT molecular complexity index is 463. The number of aryl methyl sites for hydroxylation is 2. The number of hydrogen-bond acceptors (Lipinski definition) is 2. The number of aromatic hydroxyl groups is 1. The highest BCUT2D eigenvalue weighted by Crippen LogP contribution is 2.27. The molecule has 2 aromatic rings. The average molecular weight is 173 g/mol. The lowest BCUT2D eigenvalue weighted by atomic mass is 10.0. The van der Waals surface area contributed by atoms with E-state index in [9.17, 15) is 5.11 Å². The summed E-state index contributed by atoms with van der Waals surface area (Å²) in [5.41, 5.74) is 2.28. The Morgan fingerprint density at radius 2 is 1.92 bits per heavy atom. The second-order valence-corrected chi connectivity index (χ2v) is 3.34. The standard InChI is InChI=1S/C11H11NO/c1-7-3-8(2)11-9(4-7)5-12-6-10(11)13/h3-6,13H,1-2H3. The highest BCUT2D eigenvalue weighted by Gasteiger charge is 2.03. The third-order valence-corrected chi connectivity index (χ3v) is 2.18. The van der Waals surface area contributed by atoms with Gasteiger partial charge in [-0.1, -0.05) is 11.6 Å². The second kappa shape index (κ2) is 2.73. The minimum atomic E-state index is 0.259. The molecule has 0 aliphatic carbocycles. The summed E-state index contributed by atoms with van der Waals surface area (Å²) < 4.78 is 0. The van der Waals surface area contributed by atoms with E-state index in [0.29, 0.717) is 0 Å². The summed E-state index contributed by atoms with van der Waals surface area (Å²) in [5.74, 6) is 0.259. The van der Waals surface area contributed by atoms with Crippen LogP contribution in [0.4, 0.5) is 0 Å². The van der Waals surface area contributed by atoms with Gasteiger partial charge in [-0.2, -0.15) is 0 Å². The Balaban J connectivity index is 2.94. The third kappa shape index (κ3) is 1.24. The minimum Gasteiger partial charge on any atom is -0.506 e. The molecule has 0 fully saturated rings. The lowest BCUT2D eigenvalue weighted by Crippen LogP contribution is -1.83. The molecule has 0 aliphatic rings. The molecule has 0 saturated heterocycles. The van der Waals surface area contributed by atoms with E-state index < -0.39 is 0 Å². The average Bonchev–Trinajstić information content (AvgIpc) is 2.02. The number of aromatic nitrogens is 1. The van der Waals surface area contributed by atoms with Crippen molar-refractivity contribution in [3.63, 3.8) is 0 Å². The van der Waals surface area contributed by atoms with Crippen LogP contribution in [0.25, 0.3) is 10.8 Å². The Morgan fingerprint density at radius 3 is 2.69 bits per heavy atom. The molecule has 0 unspecified atom stereocenters. The van der Waals surface area contributed by atoms with Gasteiger partial charge in [0.15, 0.2) is 0 Å². The molecule has 13 heavy (non-hydrogen) atoms. The van der Waals surface area contributed by atoms with E-state index in [1.807, 2.05) is 19.9 Å². The molecule has 0 bridgehead atoms. The molecule has 1 heterocycles. The molecule has 0 amide bonds. The zero-order valence-corrected chi connectivity index (χ0v) is 7.70. The molecular weight excluding hydrogens is 162 g/mol. The van der Waals surface area contributed by atoms with Gasteiger partial charge in [0, 0.05) is 17.0 Å². The van der Waals surface area contributed by atoms with Gasteiger partial charge in [-0.25, -0.2) is 0 Å². The minimum absolute atomic E-state index is 0.259. The first-order valence-corrected chi connectivity index (χ1v) is 4.22. The fourth-order valence-electron chi connectivity index (χ4n) is 1.70. The monoisotopic (exact) mass is 173 g/mol. The maximum absolute atomic E-state index is 9.58. The summed E-state index contributed by atoms with van der Waals surface area (Å²) in [6.07, 6.45) is 3.25. The fourth-order valence-corrected chi connectivity index (χ4v) is 1.70. The van der Waals surface area contributed by atoms with Crippen LogP contribution in [0.15, 0.2) is 24.5 Å². The summed E-state index contributed by atoms with van der Waals surface area (Å²) in [7, 11) is 0. The quantitative estimate of drug-likeness (QED) is 0.664. The Morgan fingerprint density at radius 1 is 1.15 bits per heavy atom. The lowest BCUT2D eigenvalue weighted by molar-refractivity contribution is 0.479. The van der Waals surface area contributed by atoms with Crippen LogP contribution in [0.3, 0.4) is 0 Å². The van der Waals surface area contributed by atoms with Gasteiger partial charge in [0.2, 0.25) is 0 Å². The molecule has 2 nitrogen and oxygen atoms in total. The molecule has 0 aliphatic heterocycles. The molecule has 0 radical (unpaired) electrons. The van der Waals surface area contributed by atoms with Gasteiger partial charge >= 0.3 is 0 Å². The zero-order valence-electron chi connectivity index (χ0n) is 7.70. The van der Waals surface area contributed by atoms with Crippen molar-refractivity contribution in [2.45, 2.75) is 13.8 Å². The maximum Gasteiger partial charge on any atom is 0.141 e. The van der Waals surface area contributed by atoms with Crippen LogP contribution in [-0.4, -0.2) is 10.1 Å². The topological polar surface area (TPSA) is 33.1 Å². The summed E-state index contributed by atoms with van der Waals surface area (Å²) in [6.45, 7) is 4.03. The van der Waals surface area contributed by atoms with Crippen molar-refractivity contribution < 1.29 is 5.11 Å². The smallest absolute Gasteiger partial charge is 0.141 e. The number of rotatable bonds is 0. The van der Waals surface area contributed by atoms with Crippen LogP contribution >= 0.6 is 0 Å². The van der Waals surface area contributed by atoms with E-state index in [1.165, 1.54) is 11.8 Å². The van der Waals surface area contributed by atoms with Crippen molar-refractivity contribution >= 4 is 10.8 Å². The van der Waals surface area contributed by atoms with E-state index >= 15 is 0 Å². The summed E-state index contributed by atoms with van der Waals surface area (Å²) >= 11 is 0. The molecule has 0 saturated carbocycles. The normalized spacial score (nSPS) is 10.6. The Hall–Kier alpha value is -1.57. The molecule has 1 aromatic heterocycles. The second-order valence-electron chi connectivity index (χ2n) is 3.34. The van der Waals surface area contributed by atoms with Gasteiger partial charge in [-0.3, -0.25) is 4.98 Å². The maximum atomic E-state index is 9.58. The van der Waals surface area contributed by atoms with E-state index in [1.54, 1.807) is 6.20 Å². The van der Waals surface area contributed by atoms with Gasteiger partial charge < -0.3 is 5.11 Å². The van der Waals surface area contributed by atoms with E-state index in [-0.39, 0.29) is 5.75 Å². The van der Waals surface area contributed by atoms with Gasteiger partial charge in [0.05, 0.1) is 6.20 Å². The van der Waals surface area contributed by atoms with Crippen molar-refractivity contribution in [2.24, 2.45) is 0 Å². The molecule has 0 spiro atoms. The van der Waals surface area contributed by atoms with Crippen molar-refractivity contribution in [3.8, 4) is 5.75 Å². The summed E-state index contributed by atoms with van der Waals surface area (Å²) in [5, 5.41) is 11.5. The fraction of sp³-hybridized carbons (Fsp3) is 0.182. The first-order valence-electron chi connectivity index (χ1n) is 4.22. The number of fused-ring (bicyclic) bond motifs is 1. The largest absolute Gasteiger partial charge is 0.506 e. The van der Waals surface area contributed by atoms with Crippen molar-refractivity contribution in [1.82, 2.24) is 4.98 Å². The summed E-state index contributed by atoms with van der Waals surface area (Å²) in [4.78, 5) is 3.94. The van der Waals surface area contributed by atoms with Crippen molar-refractivity contribution in [1.29, 1.82) is 0 Å². The van der Waals surface area contributed by atoms with Crippen LogP contribution in [0.1, 0.15) is 11.1 Å². The van der Waals surface area contributed by atoms with Gasteiger partial charge in [0.25, 0.3) is 0 Å². The van der Waals surface area contributed by atoms with Crippen LogP contribution in [0.2, 0.25) is 0 Å². The molecule has 66 valence electrons. The van der Waals surface area contributed by atoms with Crippen molar-refractivity contribution in [3.05, 3.63) is 35.7 Å². The molecular formula is C11H11NO. The SMILES string of the molecule is Cc1cc(C)c2c(O)cncc2c1. The van der Waals surface area contributed by atoms with Crippen molar-refractivity contribution in [2.75, 3.05) is 0 Å². The molecule has 0 atom stereocenters. The predicted molar refractivity (Wildman–Crippen MR) is 52.9 cm³/mol. The number of benzene rings is 1. The highest BCUT2D eigenvalue weighted by molar-refractivity contribution is 5.90. The zero-order chi connectivity index (χ0) is 9.42. The molecule has 1 aromatic carbocycles. The van der Waals surface area contributed by atoms with Gasteiger partial charge in [-0.05, 0) is 25.5 Å². The lowest BCUT2D eigenvalue weighted by Gasteiger charge is -2.04. The van der Waals surface area contributed by atoms with E-state index in [2.05, 4.69) is 11.1 Å². The first-order chi connectivity index (χ1) is 6.18. The highest BCUT2D eigenvalue weighted by atomic mass is 16.3. The van der Waals surface area contributed by atoms with Gasteiger partial charge in [0.1, 0.15) is 5.75 Å². The van der Waals surface area contributed by atoms with Crippen LogP contribution in [0, 0.1) is 13.8 Å². The summed E-state index contributed by atoms with van der Waals surface area (Å²) in [6, 6.07) is 4.08. The van der Waals surface area contributed by atoms with E-state index in [0.717, 1.165) is 16.3 Å². The molecule has 2 rings (SSSR count). The van der Waals surface area contributed by atoms with Gasteiger partial charge in [-0.15, -0.1) is 0 Å². The number of pyridine rings is 1.